The van der Waals surface area contributed by atoms with Crippen molar-refractivity contribution in [2.24, 2.45) is 0 Å². The smallest absolute Gasteiger partial charge is 0.407 e. The first-order chi connectivity index (χ1) is 10.7. The summed E-state index contributed by atoms with van der Waals surface area (Å²) in [5.74, 6) is -0.268. The van der Waals surface area contributed by atoms with Gasteiger partial charge < -0.3 is 19.9 Å². The Bertz CT molecular complexity index is 587. The van der Waals surface area contributed by atoms with Crippen LogP contribution in [0.3, 0.4) is 0 Å². The molecule has 0 radical (unpaired) electrons. The Morgan fingerprint density at radius 2 is 2.00 bits per heavy atom. The SMILES string of the molecule is COc1ccc(CC(=O)O)c(C=CCNC(=O)OC(C)(C)C)c1. The normalized spacial score (nSPS) is 11.3. The lowest BCUT2D eigenvalue weighted by molar-refractivity contribution is -0.136. The summed E-state index contributed by atoms with van der Waals surface area (Å²) >= 11 is 0. The molecule has 6 heteroatoms. The second-order valence-electron chi connectivity index (χ2n) is 5.92. The Kier molecular flexibility index (Phi) is 6.63. The number of benzene rings is 1. The van der Waals surface area contributed by atoms with Gasteiger partial charge in [0.25, 0.3) is 0 Å². The quantitative estimate of drug-likeness (QED) is 0.841. The number of carbonyl (C=O) groups is 2. The molecule has 1 rings (SSSR count). The molecule has 0 aliphatic heterocycles. The van der Waals surface area contributed by atoms with Gasteiger partial charge in [0, 0.05) is 6.54 Å². The third kappa shape index (κ3) is 7.35. The lowest BCUT2D eigenvalue weighted by atomic mass is 10.0. The van der Waals surface area contributed by atoms with Crippen molar-refractivity contribution in [2.45, 2.75) is 32.8 Å². The first-order valence-corrected chi connectivity index (χ1v) is 7.23. The summed E-state index contributed by atoms with van der Waals surface area (Å²) in [5.41, 5.74) is 0.861. The number of carboxylic acid groups (broad SMARTS) is 1. The van der Waals surface area contributed by atoms with Gasteiger partial charge in [-0.3, -0.25) is 4.79 Å². The van der Waals surface area contributed by atoms with E-state index in [0.717, 1.165) is 5.56 Å². The van der Waals surface area contributed by atoms with Crippen molar-refractivity contribution in [3.63, 3.8) is 0 Å². The second-order valence-corrected chi connectivity index (χ2v) is 5.92. The van der Waals surface area contributed by atoms with Gasteiger partial charge in [-0.2, -0.15) is 0 Å². The van der Waals surface area contributed by atoms with Crippen molar-refractivity contribution < 1.29 is 24.2 Å². The van der Waals surface area contributed by atoms with Crippen molar-refractivity contribution in [2.75, 3.05) is 13.7 Å². The van der Waals surface area contributed by atoms with Crippen molar-refractivity contribution >= 4 is 18.1 Å². The fraction of sp³-hybridized carbons (Fsp3) is 0.412. The molecule has 1 aromatic carbocycles. The van der Waals surface area contributed by atoms with Gasteiger partial charge in [-0.15, -0.1) is 0 Å². The highest BCUT2D eigenvalue weighted by molar-refractivity contribution is 5.73. The average molecular weight is 321 g/mol. The molecule has 0 unspecified atom stereocenters. The maximum absolute atomic E-state index is 11.5. The molecular weight excluding hydrogens is 298 g/mol. The number of hydrogen-bond acceptors (Lipinski definition) is 4. The first kappa shape index (κ1) is 18.5. The van der Waals surface area contributed by atoms with Crippen molar-refractivity contribution in [1.29, 1.82) is 0 Å². The lowest BCUT2D eigenvalue weighted by Gasteiger charge is -2.19. The van der Waals surface area contributed by atoms with Gasteiger partial charge in [0.1, 0.15) is 11.4 Å². The highest BCUT2D eigenvalue weighted by atomic mass is 16.6. The molecule has 0 fully saturated rings. The number of rotatable bonds is 6. The minimum Gasteiger partial charge on any atom is -0.497 e. The fourth-order valence-electron chi connectivity index (χ4n) is 1.82. The summed E-state index contributed by atoms with van der Waals surface area (Å²) < 4.78 is 10.3. The van der Waals surface area contributed by atoms with Gasteiger partial charge in [0.2, 0.25) is 0 Å². The Hall–Kier alpha value is -2.50. The highest BCUT2D eigenvalue weighted by Crippen LogP contribution is 2.19. The molecule has 6 nitrogen and oxygen atoms in total. The molecule has 126 valence electrons. The molecular formula is C17H23NO5. The van der Waals surface area contributed by atoms with Crippen LogP contribution in [0.4, 0.5) is 4.79 Å². The number of methoxy groups -OCH3 is 1. The molecule has 0 aliphatic carbocycles. The third-order valence-electron chi connectivity index (χ3n) is 2.76. The summed E-state index contributed by atoms with van der Waals surface area (Å²) in [6.45, 7) is 5.64. The van der Waals surface area contributed by atoms with E-state index in [0.29, 0.717) is 11.3 Å². The van der Waals surface area contributed by atoms with E-state index in [-0.39, 0.29) is 13.0 Å². The van der Waals surface area contributed by atoms with Crippen LogP contribution in [0, 0.1) is 0 Å². The van der Waals surface area contributed by atoms with Gasteiger partial charge in [-0.1, -0.05) is 18.2 Å². The van der Waals surface area contributed by atoms with Crippen molar-refractivity contribution in [3.05, 3.63) is 35.4 Å². The molecule has 0 atom stereocenters. The standard InChI is InChI=1S/C17H23NO5/c1-17(2,3)23-16(21)18-9-5-6-12-10-14(22-4)8-7-13(12)11-15(19)20/h5-8,10H,9,11H2,1-4H3,(H,18,21)(H,19,20). The molecule has 0 heterocycles. The van der Waals surface area contributed by atoms with Gasteiger partial charge in [0.05, 0.1) is 13.5 Å². The van der Waals surface area contributed by atoms with Crippen molar-refractivity contribution in [1.82, 2.24) is 5.32 Å². The Balaban J connectivity index is 2.70. The zero-order chi connectivity index (χ0) is 17.5. The van der Waals surface area contributed by atoms with E-state index in [9.17, 15) is 9.59 Å². The van der Waals surface area contributed by atoms with E-state index >= 15 is 0 Å². The summed E-state index contributed by atoms with van der Waals surface area (Å²) in [4.78, 5) is 22.4. The highest BCUT2D eigenvalue weighted by Gasteiger charge is 2.15. The summed E-state index contributed by atoms with van der Waals surface area (Å²) in [7, 11) is 1.55. The number of nitrogens with one attached hydrogen (secondary N) is 1. The van der Waals surface area contributed by atoms with Crippen LogP contribution in [0.5, 0.6) is 5.75 Å². The van der Waals surface area contributed by atoms with E-state index in [1.807, 2.05) is 0 Å². The summed E-state index contributed by atoms with van der Waals surface area (Å²) in [5, 5.41) is 11.5. The molecule has 0 bridgehead atoms. The molecule has 2 N–H and O–H groups in total. The largest absolute Gasteiger partial charge is 0.497 e. The molecule has 0 aliphatic rings. The Morgan fingerprint density at radius 3 is 2.57 bits per heavy atom. The van der Waals surface area contributed by atoms with E-state index in [4.69, 9.17) is 14.6 Å². The summed E-state index contributed by atoms with van der Waals surface area (Å²) in [6, 6.07) is 5.19. The maximum Gasteiger partial charge on any atom is 0.407 e. The molecule has 1 amide bonds. The topological polar surface area (TPSA) is 84.9 Å². The molecule has 0 aromatic heterocycles. The fourth-order valence-corrected chi connectivity index (χ4v) is 1.82. The van der Waals surface area contributed by atoms with Crippen LogP contribution in [0.25, 0.3) is 6.08 Å². The average Bonchev–Trinajstić information content (AvgIpc) is 2.42. The number of carbonyl (C=O) groups excluding carboxylic acids is 1. The van der Waals surface area contributed by atoms with E-state index in [1.54, 1.807) is 58.2 Å². The van der Waals surface area contributed by atoms with Gasteiger partial charge >= 0.3 is 12.1 Å². The van der Waals surface area contributed by atoms with Gasteiger partial charge in [0.15, 0.2) is 0 Å². The number of hydrogen-bond donors (Lipinski definition) is 2. The molecule has 0 spiro atoms. The zero-order valence-electron chi connectivity index (χ0n) is 13.9. The maximum atomic E-state index is 11.5. The number of aliphatic carboxylic acids is 1. The molecule has 23 heavy (non-hydrogen) atoms. The summed E-state index contributed by atoms with van der Waals surface area (Å²) in [6.07, 6.45) is 2.89. The Labute approximate surface area is 136 Å². The number of amides is 1. The minimum atomic E-state index is -0.906. The molecule has 1 aromatic rings. The molecule has 0 saturated carbocycles. The van der Waals surface area contributed by atoms with Crippen LogP contribution >= 0.6 is 0 Å². The predicted molar refractivity (Wildman–Crippen MR) is 87.6 cm³/mol. The van der Waals surface area contributed by atoms with Crippen LogP contribution in [-0.2, 0) is 16.0 Å². The van der Waals surface area contributed by atoms with Crippen molar-refractivity contribution in [3.8, 4) is 5.75 Å². The van der Waals surface area contributed by atoms with Crippen LogP contribution in [0.2, 0.25) is 0 Å². The predicted octanol–water partition coefficient (Wildman–Crippen LogP) is 2.86. The van der Waals surface area contributed by atoms with E-state index in [2.05, 4.69) is 5.32 Å². The minimum absolute atomic E-state index is 0.0802. The van der Waals surface area contributed by atoms with Crippen LogP contribution in [0.1, 0.15) is 31.9 Å². The van der Waals surface area contributed by atoms with Crippen LogP contribution in [-0.4, -0.2) is 36.4 Å². The lowest BCUT2D eigenvalue weighted by Crippen LogP contribution is -2.32. The number of ether oxygens (including phenoxy) is 2. The van der Waals surface area contributed by atoms with Crippen LogP contribution in [0.15, 0.2) is 24.3 Å². The van der Waals surface area contributed by atoms with Crippen LogP contribution < -0.4 is 10.1 Å². The van der Waals surface area contributed by atoms with E-state index in [1.165, 1.54) is 0 Å². The first-order valence-electron chi connectivity index (χ1n) is 7.23. The number of carboxylic acids is 1. The van der Waals surface area contributed by atoms with E-state index < -0.39 is 17.7 Å². The van der Waals surface area contributed by atoms with Gasteiger partial charge in [-0.05, 0) is 44.0 Å². The van der Waals surface area contributed by atoms with Gasteiger partial charge in [-0.25, -0.2) is 4.79 Å². The molecule has 0 saturated heterocycles. The Morgan fingerprint density at radius 1 is 1.30 bits per heavy atom. The zero-order valence-corrected chi connectivity index (χ0v) is 13.9. The monoisotopic (exact) mass is 321 g/mol. The number of alkyl carbamates (subject to hydrolysis) is 1. The third-order valence-corrected chi connectivity index (χ3v) is 2.76. The second kappa shape index (κ2) is 8.22.